The number of nitrogens with one attached hydrogen (secondary N) is 2. The molecule has 1 aromatic rings. The Bertz CT molecular complexity index is 569. The van der Waals surface area contributed by atoms with Gasteiger partial charge >= 0.3 is 0 Å². The Hall–Kier alpha value is -0.350. The van der Waals surface area contributed by atoms with E-state index in [1.54, 1.807) is 18.4 Å². The molecule has 0 amide bonds. The van der Waals surface area contributed by atoms with Crippen LogP contribution in [0.1, 0.15) is 16.2 Å². The van der Waals surface area contributed by atoms with E-state index < -0.39 is 9.84 Å². The Morgan fingerprint density at radius 1 is 1.50 bits per heavy atom. The molecule has 5 nitrogen and oxygen atoms in total. The van der Waals surface area contributed by atoms with Crippen LogP contribution < -0.4 is 10.6 Å². The average Bonchev–Trinajstić information content (AvgIpc) is 2.90. The van der Waals surface area contributed by atoms with Gasteiger partial charge in [0.1, 0.15) is 0 Å². The van der Waals surface area contributed by atoms with Crippen LogP contribution >= 0.6 is 35.3 Å². The third kappa shape index (κ3) is 5.21. The standard InChI is InChI=1S/C12H19N3O2S2.HI/c1-9-3-4-11(18-9)7-14-12(13-2)15-10-5-6-19(16,17)8-10;/h3-4,10H,5-8H2,1-2H3,(H2,13,14,15);1H. The fourth-order valence-corrected chi connectivity index (χ4v) is 4.55. The van der Waals surface area contributed by atoms with Crippen molar-refractivity contribution in [2.24, 2.45) is 4.99 Å². The summed E-state index contributed by atoms with van der Waals surface area (Å²) in [6, 6.07) is 4.14. The molecule has 0 radical (unpaired) electrons. The molecule has 2 N–H and O–H groups in total. The van der Waals surface area contributed by atoms with Crippen molar-refractivity contribution in [3.8, 4) is 0 Å². The van der Waals surface area contributed by atoms with Crippen molar-refractivity contribution < 1.29 is 8.42 Å². The van der Waals surface area contributed by atoms with E-state index in [0.29, 0.717) is 18.9 Å². The van der Waals surface area contributed by atoms with Crippen molar-refractivity contribution in [1.29, 1.82) is 0 Å². The SMILES string of the molecule is CN=C(NCc1ccc(C)s1)NC1CCS(=O)(=O)C1.I. The van der Waals surface area contributed by atoms with Gasteiger partial charge in [0.05, 0.1) is 18.1 Å². The molecule has 1 saturated heterocycles. The van der Waals surface area contributed by atoms with E-state index in [1.165, 1.54) is 9.75 Å². The largest absolute Gasteiger partial charge is 0.353 e. The van der Waals surface area contributed by atoms with Crippen molar-refractivity contribution in [3.05, 3.63) is 21.9 Å². The maximum atomic E-state index is 11.4. The molecule has 0 aliphatic carbocycles. The van der Waals surface area contributed by atoms with E-state index in [1.807, 2.05) is 0 Å². The molecule has 0 saturated carbocycles. The number of aryl methyl sites for hydroxylation is 1. The minimum Gasteiger partial charge on any atom is -0.353 e. The first-order valence-corrected chi connectivity index (χ1v) is 8.85. The van der Waals surface area contributed by atoms with Crippen molar-refractivity contribution in [3.63, 3.8) is 0 Å². The Balaban J connectivity index is 0.00000200. The maximum Gasteiger partial charge on any atom is 0.191 e. The highest BCUT2D eigenvalue weighted by Crippen LogP contribution is 2.14. The maximum absolute atomic E-state index is 11.4. The predicted octanol–water partition coefficient (Wildman–Crippen LogP) is 1.53. The molecular weight excluding hydrogens is 409 g/mol. The number of hydrogen-bond donors (Lipinski definition) is 2. The molecule has 0 spiro atoms. The topological polar surface area (TPSA) is 70.6 Å². The van der Waals surface area contributed by atoms with E-state index in [9.17, 15) is 8.42 Å². The smallest absolute Gasteiger partial charge is 0.191 e. The van der Waals surface area contributed by atoms with Crippen molar-refractivity contribution >= 4 is 51.1 Å². The van der Waals surface area contributed by atoms with Gasteiger partial charge in [0.15, 0.2) is 15.8 Å². The van der Waals surface area contributed by atoms with E-state index in [-0.39, 0.29) is 41.5 Å². The molecular formula is C12H20IN3O2S2. The lowest BCUT2D eigenvalue weighted by Gasteiger charge is -2.15. The molecule has 0 bridgehead atoms. The molecule has 2 rings (SSSR count). The minimum atomic E-state index is -2.86. The van der Waals surface area contributed by atoms with Gasteiger partial charge < -0.3 is 10.6 Å². The highest BCUT2D eigenvalue weighted by Gasteiger charge is 2.28. The van der Waals surface area contributed by atoms with Crippen LogP contribution in [0.3, 0.4) is 0 Å². The van der Waals surface area contributed by atoms with Gasteiger partial charge in [-0.3, -0.25) is 4.99 Å². The van der Waals surface area contributed by atoms with Crippen LogP contribution in [-0.2, 0) is 16.4 Å². The molecule has 1 aliphatic rings. The summed E-state index contributed by atoms with van der Waals surface area (Å²) >= 11 is 1.74. The molecule has 2 heterocycles. The van der Waals surface area contributed by atoms with Gasteiger partial charge in [-0.2, -0.15) is 0 Å². The molecule has 1 unspecified atom stereocenters. The van der Waals surface area contributed by atoms with Crippen LogP contribution in [0.4, 0.5) is 0 Å². The number of rotatable bonds is 3. The summed E-state index contributed by atoms with van der Waals surface area (Å²) in [5, 5.41) is 6.37. The third-order valence-corrected chi connectivity index (χ3v) is 5.79. The Labute approximate surface area is 141 Å². The molecule has 1 aromatic heterocycles. The van der Waals surface area contributed by atoms with Gasteiger partial charge in [0.2, 0.25) is 0 Å². The van der Waals surface area contributed by atoms with E-state index in [4.69, 9.17) is 0 Å². The first-order valence-electron chi connectivity index (χ1n) is 6.21. The van der Waals surface area contributed by atoms with Crippen molar-refractivity contribution in [1.82, 2.24) is 10.6 Å². The molecule has 1 atom stereocenters. The Morgan fingerprint density at radius 2 is 2.25 bits per heavy atom. The third-order valence-electron chi connectivity index (χ3n) is 3.02. The predicted molar refractivity (Wildman–Crippen MR) is 94.9 cm³/mol. The molecule has 114 valence electrons. The zero-order valence-corrected chi connectivity index (χ0v) is 15.5. The summed E-state index contributed by atoms with van der Waals surface area (Å²) in [7, 11) is -1.16. The number of nitrogens with zero attached hydrogens (tertiary/aromatic N) is 1. The Kier molecular flexibility index (Phi) is 6.73. The van der Waals surface area contributed by atoms with Crippen LogP contribution in [0, 0.1) is 6.92 Å². The number of aliphatic imine (C=N–C) groups is 1. The fraction of sp³-hybridized carbons (Fsp3) is 0.583. The normalized spacial score (nSPS) is 21.3. The summed E-state index contributed by atoms with van der Waals surface area (Å²) in [6.45, 7) is 2.78. The number of guanidine groups is 1. The van der Waals surface area contributed by atoms with Gasteiger partial charge in [-0.1, -0.05) is 0 Å². The van der Waals surface area contributed by atoms with Gasteiger partial charge in [-0.15, -0.1) is 35.3 Å². The van der Waals surface area contributed by atoms with Crippen LogP contribution in [0.2, 0.25) is 0 Å². The number of sulfone groups is 1. The highest BCUT2D eigenvalue weighted by atomic mass is 127. The zero-order valence-electron chi connectivity index (χ0n) is 11.5. The fourth-order valence-electron chi connectivity index (χ4n) is 2.05. The van der Waals surface area contributed by atoms with Gasteiger partial charge in [0.25, 0.3) is 0 Å². The summed E-state index contributed by atoms with van der Waals surface area (Å²) in [6.07, 6.45) is 0.654. The van der Waals surface area contributed by atoms with E-state index >= 15 is 0 Å². The lowest BCUT2D eigenvalue weighted by atomic mass is 10.3. The molecule has 20 heavy (non-hydrogen) atoms. The van der Waals surface area contributed by atoms with Crippen molar-refractivity contribution in [2.45, 2.75) is 25.9 Å². The number of thiophene rings is 1. The minimum absolute atomic E-state index is 0. The molecule has 8 heteroatoms. The summed E-state index contributed by atoms with van der Waals surface area (Å²) < 4.78 is 22.8. The lowest BCUT2D eigenvalue weighted by Crippen LogP contribution is -2.43. The van der Waals surface area contributed by atoms with E-state index in [0.717, 1.165) is 0 Å². The summed E-state index contributed by atoms with van der Waals surface area (Å²) in [5.41, 5.74) is 0. The van der Waals surface area contributed by atoms with Crippen LogP contribution in [0.25, 0.3) is 0 Å². The van der Waals surface area contributed by atoms with Crippen LogP contribution in [0.5, 0.6) is 0 Å². The second-order valence-corrected chi connectivity index (χ2v) is 8.28. The number of hydrogen-bond acceptors (Lipinski definition) is 4. The van der Waals surface area contributed by atoms with E-state index in [2.05, 4.69) is 34.7 Å². The summed E-state index contributed by atoms with van der Waals surface area (Å²) in [4.78, 5) is 6.64. The summed E-state index contributed by atoms with van der Waals surface area (Å²) in [5.74, 6) is 1.13. The second-order valence-electron chi connectivity index (χ2n) is 4.68. The van der Waals surface area contributed by atoms with Crippen LogP contribution in [0.15, 0.2) is 17.1 Å². The Morgan fingerprint density at radius 3 is 2.75 bits per heavy atom. The average molecular weight is 429 g/mol. The molecule has 0 aromatic carbocycles. The monoisotopic (exact) mass is 429 g/mol. The van der Waals surface area contributed by atoms with Gasteiger partial charge in [0, 0.05) is 22.8 Å². The van der Waals surface area contributed by atoms with Gasteiger partial charge in [-0.25, -0.2) is 8.42 Å². The second kappa shape index (κ2) is 7.60. The molecule has 1 fully saturated rings. The molecule has 1 aliphatic heterocycles. The van der Waals surface area contributed by atoms with Crippen LogP contribution in [-0.4, -0.2) is 39.0 Å². The van der Waals surface area contributed by atoms with Gasteiger partial charge in [-0.05, 0) is 25.5 Å². The quantitative estimate of drug-likeness (QED) is 0.435. The zero-order chi connectivity index (χ0) is 13.9. The van der Waals surface area contributed by atoms with Crippen molar-refractivity contribution in [2.75, 3.05) is 18.6 Å². The number of halogens is 1. The lowest BCUT2D eigenvalue weighted by molar-refractivity contribution is 0.599. The highest BCUT2D eigenvalue weighted by molar-refractivity contribution is 14.0. The first-order chi connectivity index (χ1) is 8.98. The first kappa shape index (κ1) is 17.7.